The number of anilines is 2. The maximum Gasteiger partial charge on any atom is 0.258 e. The van der Waals surface area contributed by atoms with E-state index in [2.05, 4.69) is 15.3 Å². The molecule has 2 heterocycles. The molecule has 0 spiro atoms. The van der Waals surface area contributed by atoms with Gasteiger partial charge in [-0.25, -0.2) is 4.98 Å². The molecule has 2 aromatic rings. The van der Waals surface area contributed by atoms with Crippen LogP contribution in [-0.4, -0.2) is 15.9 Å². The molecule has 0 saturated heterocycles. The molecule has 0 aromatic carbocycles. The van der Waals surface area contributed by atoms with Crippen molar-refractivity contribution >= 4 is 29.0 Å². The van der Waals surface area contributed by atoms with Crippen LogP contribution in [0.1, 0.15) is 16.1 Å². The SMILES string of the molecule is Cc1ncc(N)cc1C(=O)Nc1cccc(Cl)n1. The van der Waals surface area contributed by atoms with Crippen LogP contribution in [0, 0.1) is 6.92 Å². The van der Waals surface area contributed by atoms with Crippen molar-refractivity contribution in [3.8, 4) is 0 Å². The topological polar surface area (TPSA) is 80.9 Å². The number of amides is 1. The molecule has 1 amide bonds. The summed E-state index contributed by atoms with van der Waals surface area (Å²) in [6, 6.07) is 6.56. The first-order chi connectivity index (χ1) is 8.56. The summed E-state index contributed by atoms with van der Waals surface area (Å²) in [5.41, 5.74) is 7.05. The third-order valence-corrected chi connectivity index (χ3v) is 2.52. The number of halogens is 1. The van der Waals surface area contributed by atoms with Crippen LogP contribution in [0.5, 0.6) is 0 Å². The number of hydrogen-bond donors (Lipinski definition) is 2. The van der Waals surface area contributed by atoms with Crippen molar-refractivity contribution in [2.24, 2.45) is 0 Å². The van der Waals surface area contributed by atoms with E-state index >= 15 is 0 Å². The highest BCUT2D eigenvalue weighted by atomic mass is 35.5. The first-order valence-corrected chi connectivity index (χ1v) is 5.60. The first kappa shape index (κ1) is 12.3. The van der Waals surface area contributed by atoms with E-state index in [-0.39, 0.29) is 5.91 Å². The van der Waals surface area contributed by atoms with E-state index in [4.69, 9.17) is 17.3 Å². The molecule has 0 aliphatic heterocycles. The van der Waals surface area contributed by atoms with Crippen LogP contribution in [0.3, 0.4) is 0 Å². The monoisotopic (exact) mass is 262 g/mol. The molecular weight excluding hydrogens is 252 g/mol. The second kappa shape index (κ2) is 5.01. The summed E-state index contributed by atoms with van der Waals surface area (Å²) in [4.78, 5) is 20.0. The summed E-state index contributed by atoms with van der Waals surface area (Å²) in [6.07, 6.45) is 1.50. The van der Waals surface area contributed by atoms with Gasteiger partial charge in [0.2, 0.25) is 0 Å². The largest absolute Gasteiger partial charge is 0.397 e. The van der Waals surface area contributed by atoms with Crippen LogP contribution in [0.4, 0.5) is 11.5 Å². The van der Waals surface area contributed by atoms with Gasteiger partial charge in [0.15, 0.2) is 0 Å². The standard InChI is InChI=1S/C12H11ClN4O/c1-7-9(5-8(14)6-15-7)12(18)17-11-4-2-3-10(13)16-11/h2-6H,14H2,1H3,(H,16,17,18). The lowest BCUT2D eigenvalue weighted by Gasteiger charge is -2.07. The molecule has 18 heavy (non-hydrogen) atoms. The highest BCUT2D eigenvalue weighted by Gasteiger charge is 2.11. The zero-order valence-electron chi connectivity index (χ0n) is 9.64. The van der Waals surface area contributed by atoms with Gasteiger partial charge in [0.1, 0.15) is 11.0 Å². The van der Waals surface area contributed by atoms with Crippen LogP contribution in [-0.2, 0) is 0 Å². The average Bonchev–Trinajstić information content (AvgIpc) is 2.32. The lowest BCUT2D eigenvalue weighted by Crippen LogP contribution is -2.15. The van der Waals surface area contributed by atoms with Gasteiger partial charge < -0.3 is 11.1 Å². The quantitative estimate of drug-likeness (QED) is 0.814. The highest BCUT2D eigenvalue weighted by molar-refractivity contribution is 6.29. The van der Waals surface area contributed by atoms with Crippen molar-refractivity contribution in [2.75, 3.05) is 11.1 Å². The second-order valence-electron chi connectivity index (χ2n) is 3.70. The molecule has 6 heteroatoms. The van der Waals surface area contributed by atoms with E-state index in [1.165, 1.54) is 6.20 Å². The lowest BCUT2D eigenvalue weighted by molar-refractivity contribution is 0.102. The Balaban J connectivity index is 2.24. The van der Waals surface area contributed by atoms with Gasteiger partial charge in [0.25, 0.3) is 5.91 Å². The van der Waals surface area contributed by atoms with Crippen LogP contribution >= 0.6 is 11.6 Å². The lowest BCUT2D eigenvalue weighted by atomic mass is 10.2. The van der Waals surface area contributed by atoms with Gasteiger partial charge in [-0.05, 0) is 25.1 Å². The number of carbonyl (C=O) groups is 1. The molecule has 0 unspecified atom stereocenters. The molecular formula is C12H11ClN4O. The van der Waals surface area contributed by atoms with Gasteiger partial charge in [-0.3, -0.25) is 9.78 Å². The normalized spacial score (nSPS) is 10.1. The van der Waals surface area contributed by atoms with E-state index in [1.807, 2.05) is 0 Å². The number of nitrogens with one attached hydrogen (secondary N) is 1. The summed E-state index contributed by atoms with van der Waals surface area (Å²) < 4.78 is 0. The smallest absolute Gasteiger partial charge is 0.258 e. The van der Waals surface area contributed by atoms with Crippen molar-refractivity contribution in [1.29, 1.82) is 0 Å². The molecule has 0 bridgehead atoms. The summed E-state index contributed by atoms with van der Waals surface area (Å²) in [6.45, 7) is 1.74. The molecule has 0 aliphatic carbocycles. The maximum absolute atomic E-state index is 12.0. The Hall–Kier alpha value is -2.14. The zero-order valence-corrected chi connectivity index (χ0v) is 10.4. The Morgan fingerprint density at radius 3 is 2.94 bits per heavy atom. The van der Waals surface area contributed by atoms with E-state index in [0.29, 0.717) is 27.9 Å². The highest BCUT2D eigenvalue weighted by Crippen LogP contribution is 2.13. The Morgan fingerprint density at radius 1 is 1.44 bits per heavy atom. The Kier molecular flexibility index (Phi) is 3.43. The van der Waals surface area contributed by atoms with Gasteiger partial charge in [0, 0.05) is 0 Å². The number of nitrogen functional groups attached to an aromatic ring is 1. The van der Waals surface area contributed by atoms with Gasteiger partial charge in [-0.15, -0.1) is 0 Å². The number of rotatable bonds is 2. The first-order valence-electron chi connectivity index (χ1n) is 5.22. The van der Waals surface area contributed by atoms with Crippen molar-refractivity contribution in [3.05, 3.63) is 46.9 Å². The minimum absolute atomic E-state index is 0.315. The van der Waals surface area contributed by atoms with Gasteiger partial charge >= 0.3 is 0 Å². The van der Waals surface area contributed by atoms with Crippen molar-refractivity contribution in [2.45, 2.75) is 6.92 Å². The Bertz CT molecular complexity index is 600. The minimum atomic E-state index is -0.318. The van der Waals surface area contributed by atoms with E-state index in [0.717, 1.165) is 0 Å². The third kappa shape index (κ3) is 2.75. The number of hydrogen-bond acceptors (Lipinski definition) is 4. The molecule has 0 aliphatic rings. The fourth-order valence-electron chi connectivity index (χ4n) is 1.44. The molecule has 0 atom stereocenters. The molecule has 0 saturated carbocycles. The molecule has 0 radical (unpaired) electrons. The van der Waals surface area contributed by atoms with Crippen molar-refractivity contribution in [3.63, 3.8) is 0 Å². The fourth-order valence-corrected chi connectivity index (χ4v) is 1.60. The number of aryl methyl sites for hydroxylation is 1. The number of pyridine rings is 2. The average molecular weight is 263 g/mol. The van der Waals surface area contributed by atoms with E-state index in [1.54, 1.807) is 31.2 Å². The summed E-state index contributed by atoms with van der Waals surface area (Å²) in [5.74, 6) is 0.0661. The molecule has 92 valence electrons. The molecule has 3 N–H and O–H groups in total. The fraction of sp³-hybridized carbons (Fsp3) is 0.0833. The van der Waals surface area contributed by atoms with Crippen LogP contribution in [0.25, 0.3) is 0 Å². The maximum atomic E-state index is 12.0. The molecule has 0 fully saturated rings. The van der Waals surface area contributed by atoms with Gasteiger partial charge in [-0.2, -0.15) is 0 Å². The summed E-state index contributed by atoms with van der Waals surface area (Å²) in [7, 11) is 0. The number of carbonyl (C=O) groups excluding carboxylic acids is 1. The predicted molar refractivity (Wildman–Crippen MR) is 70.6 cm³/mol. The zero-order chi connectivity index (χ0) is 13.1. The molecule has 2 rings (SSSR count). The molecule has 5 nitrogen and oxygen atoms in total. The number of nitrogens with zero attached hydrogens (tertiary/aromatic N) is 2. The number of nitrogens with two attached hydrogens (primary N) is 1. The van der Waals surface area contributed by atoms with Crippen LogP contribution in [0.2, 0.25) is 5.15 Å². The minimum Gasteiger partial charge on any atom is -0.397 e. The Morgan fingerprint density at radius 2 is 2.22 bits per heavy atom. The van der Waals surface area contributed by atoms with Crippen molar-refractivity contribution in [1.82, 2.24) is 9.97 Å². The number of aromatic nitrogens is 2. The Labute approximate surface area is 109 Å². The van der Waals surface area contributed by atoms with E-state index in [9.17, 15) is 4.79 Å². The second-order valence-corrected chi connectivity index (χ2v) is 4.09. The molecule has 2 aromatic heterocycles. The van der Waals surface area contributed by atoms with E-state index < -0.39 is 0 Å². The summed E-state index contributed by atoms with van der Waals surface area (Å²) in [5, 5.41) is 2.95. The van der Waals surface area contributed by atoms with Crippen LogP contribution < -0.4 is 11.1 Å². The summed E-state index contributed by atoms with van der Waals surface area (Å²) >= 11 is 5.74. The van der Waals surface area contributed by atoms with Crippen molar-refractivity contribution < 1.29 is 4.79 Å². The van der Waals surface area contributed by atoms with Gasteiger partial charge in [0.05, 0.1) is 23.1 Å². The van der Waals surface area contributed by atoms with Crippen LogP contribution in [0.15, 0.2) is 30.5 Å². The third-order valence-electron chi connectivity index (χ3n) is 2.31. The predicted octanol–water partition coefficient (Wildman–Crippen LogP) is 2.27. The van der Waals surface area contributed by atoms with Gasteiger partial charge in [-0.1, -0.05) is 17.7 Å².